The van der Waals surface area contributed by atoms with Crippen molar-refractivity contribution in [3.05, 3.63) is 78.4 Å². The highest BCUT2D eigenvalue weighted by Gasteiger charge is 2.07. The Morgan fingerprint density at radius 1 is 1.00 bits per heavy atom. The van der Waals surface area contributed by atoms with Gasteiger partial charge in [0.2, 0.25) is 0 Å². The summed E-state index contributed by atoms with van der Waals surface area (Å²) in [4.78, 5) is 4.26. The third kappa shape index (κ3) is 5.55. The molecule has 0 amide bonds. The number of hydrogen-bond donors (Lipinski definition) is 2. The van der Waals surface area contributed by atoms with Crippen molar-refractivity contribution in [3.63, 3.8) is 0 Å². The van der Waals surface area contributed by atoms with Crippen LogP contribution in [0.5, 0.6) is 0 Å². The Morgan fingerprint density at radius 3 is 2.38 bits per heavy atom. The molecule has 0 saturated heterocycles. The van der Waals surface area contributed by atoms with Gasteiger partial charge in [-0.15, -0.1) is 34.2 Å². The van der Waals surface area contributed by atoms with Gasteiger partial charge in [-0.05, 0) is 24.1 Å². The zero-order valence-electron chi connectivity index (χ0n) is 14.7. The van der Waals surface area contributed by atoms with Crippen LogP contribution in [0.3, 0.4) is 0 Å². The van der Waals surface area contributed by atoms with Crippen LogP contribution in [0.1, 0.15) is 11.4 Å². The molecule has 0 aliphatic rings. The van der Waals surface area contributed by atoms with Crippen LogP contribution in [0.15, 0.2) is 72.0 Å². The summed E-state index contributed by atoms with van der Waals surface area (Å²) in [6.45, 7) is 1.36. The fourth-order valence-corrected chi connectivity index (χ4v) is 2.54. The van der Waals surface area contributed by atoms with E-state index in [4.69, 9.17) is 0 Å². The summed E-state index contributed by atoms with van der Waals surface area (Å²) in [6.07, 6.45) is 2.67. The quantitative estimate of drug-likeness (QED) is 0.336. The number of hydrogen-bond acceptors (Lipinski definition) is 3. The molecule has 0 atom stereocenters. The average molecular weight is 462 g/mol. The highest BCUT2D eigenvalue weighted by molar-refractivity contribution is 14.0. The standard InChI is InChI=1S/C19H22N6.HI/c1-20-19(21-13-12-16-8-4-2-5-9-16)22-14-18-24-23-15-25(18)17-10-6-3-7-11-17;/h2-11,15H,12-14H2,1H3,(H2,20,21,22);1H. The largest absolute Gasteiger partial charge is 0.356 e. The highest BCUT2D eigenvalue weighted by Crippen LogP contribution is 2.08. The molecule has 1 aromatic heterocycles. The zero-order chi connectivity index (χ0) is 17.3. The summed E-state index contributed by atoms with van der Waals surface area (Å²) in [7, 11) is 1.76. The van der Waals surface area contributed by atoms with Crippen LogP contribution in [0.4, 0.5) is 0 Å². The zero-order valence-corrected chi connectivity index (χ0v) is 17.0. The van der Waals surface area contributed by atoms with E-state index in [-0.39, 0.29) is 24.0 Å². The molecule has 2 aromatic carbocycles. The SMILES string of the molecule is CN=C(NCCc1ccccc1)NCc1nncn1-c1ccccc1.I. The monoisotopic (exact) mass is 462 g/mol. The van der Waals surface area contributed by atoms with E-state index < -0.39 is 0 Å². The number of guanidine groups is 1. The molecule has 0 saturated carbocycles. The van der Waals surface area contributed by atoms with Crippen molar-refractivity contribution in [2.75, 3.05) is 13.6 Å². The second kappa shape index (κ2) is 10.5. The maximum absolute atomic E-state index is 4.26. The Labute approximate surface area is 170 Å². The Bertz CT molecular complexity index is 801. The Morgan fingerprint density at radius 2 is 1.69 bits per heavy atom. The lowest BCUT2D eigenvalue weighted by Gasteiger charge is -2.12. The number of halogens is 1. The van der Waals surface area contributed by atoms with Crippen LogP contribution in [-0.2, 0) is 13.0 Å². The summed E-state index contributed by atoms with van der Waals surface area (Å²) in [5.74, 6) is 1.58. The lowest BCUT2D eigenvalue weighted by molar-refractivity contribution is 0.749. The van der Waals surface area contributed by atoms with E-state index in [1.165, 1.54) is 5.56 Å². The molecule has 2 N–H and O–H groups in total. The number of nitrogens with zero attached hydrogens (tertiary/aromatic N) is 4. The van der Waals surface area contributed by atoms with Crippen LogP contribution in [0.2, 0.25) is 0 Å². The van der Waals surface area contributed by atoms with Crippen molar-refractivity contribution in [1.82, 2.24) is 25.4 Å². The van der Waals surface area contributed by atoms with E-state index in [0.717, 1.165) is 30.4 Å². The van der Waals surface area contributed by atoms with Crippen molar-refractivity contribution >= 4 is 29.9 Å². The highest BCUT2D eigenvalue weighted by atomic mass is 127. The van der Waals surface area contributed by atoms with Gasteiger partial charge in [-0.1, -0.05) is 48.5 Å². The molecule has 7 heteroatoms. The molecule has 0 radical (unpaired) electrons. The molecule has 26 heavy (non-hydrogen) atoms. The van der Waals surface area contributed by atoms with Gasteiger partial charge < -0.3 is 10.6 Å². The van der Waals surface area contributed by atoms with Crippen molar-refractivity contribution < 1.29 is 0 Å². The van der Waals surface area contributed by atoms with E-state index in [0.29, 0.717) is 6.54 Å². The van der Waals surface area contributed by atoms with Gasteiger partial charge in [0.1, 0.15) is 6.33 Å². The second-order valence-electron chi connectivity index (χ2n) is 5.54. The van der Waals surface area contributed by atoms with E-state index in [1.54, 1.807) is 13.4 Å². The molecule has 136 valence electrons. The molecule has 3 aromatic rings. The van der Waals surface area contributed by atoms with Crippen molar-refractivity contribution in [2.24, 2.45) is 4.99 Å². The van der Waals surface area contributed by atoms with Gasteiger partial charge in [-0.3, -0.25) is 9.56 Å². The minimum atomic E-state index is 0. The van der Waals surface area contributed by atoms with Gasteiger partial charge in [0.25, 0.3) is 0 Å². The van der Waals surface area contributed by atoms with Crippen LogP contribution >= 0.6 is 24.0 Å². The number of benzene rings is 2. The van der Waals surface area contributed by atoms with Crippen LogP contribution in [0, 0.1) is 0 Å². The predicted molar refractivity (Wildman–Crippen MR) is 115 cm³/mol. The van der Waals surface area contributed by atoms with Crippen molar-refractivity contribution in [2.45, 2.75) is 13.0 Å². The molecule has 0 aliphatic carbocycles. The predicted octanol–water partition coefficient (Wildman–Crippen LogP) is 2.79. The Hall–Kier alpha value is -2.42. The molecule has 3 rings (SSSR count). The summed E-state index contributed by atoms with van der Waals surface area (Å²) in [5.41, 5.74) is 2.34. The van der Waals surface area contributed by atoms with Gasteiger partial charge in [-0.25, -0.2) is 0 Å². The first-order chi connectivity index (χ1) is 12.4. The van der Waals surface area contributed by atoms with Gasteiger partial charge in [0, 0.05) is 19.3 Å². The maximum Gasteiger partial charge on any atom is 0.191 e. The van der Waals surface area contributed by atoms with E-state index in [2.05, 4.69) is 50.1 Å². The van der Waals surface area contributed by atoms with Crippen molar-refractivity contribution in [1.29, 1.82) is 0 Å². The smallest absolute Gasteiger partial charge is 0.191 e. The summed E-state index contributed by atoms with van der Waals surface area (Å²) < 4.78 is 1.96. The minimum Gasteiger partial charge on any atom is -0.356 e. The molecule has 0 fully saturated rings. The van der Waals surface area contributed by atoms with Crippen molar-refractivity contribution in [3.8, 4) is 5.69 Å². The topological polar surface area (TPSA) is 67.1 Å². The summed E-state index contributed by atoms with van der Waals surface area (Å²) >= 11 is 0. The molecular formula is C19H23IN6. The Kier molecular flexibility index (Phi) is 8.07. The summed E-state index contributed by atoms with van der Waals surface area (Å²) in [5, 5.41) is 14.8. The van der Waals surface area contributed by atoms with Gasteiger partial charge >= 0.3 is 0 Å². The summed E-state index contributed by atoms with van der Waals surface area (Å²) in [6, 6.07) is 20.4. The number of aromatic nitrogens is 3. The second-order valence-corrected chi connectivity index (χ2v) is 5.54. The lowest BCUT2D eigenvalue weighted by Crippen LogP contribution is -2.38. The normalized spacial score (nSPS) is 10.9. The van der Waals surface area contributed by atoms with Crippen LogP contribution in [0.25, 0.3) is 5.69 Å². The molecule has 0 aliphatic heterocycles. The van der Waals surface area contributed by atoms with Crippen LogP contribution in [-0.4, -0.2) is 34.3 Å². The number of rotatable bonds is 6. The molecule has 0 bridgehead atoms. The molecule has 6 nitrogen and oxygen atoms in total. The number of aliphatic imine (C=N–C) groups is 1. The lowest BCUT2D eigenvalue weighted by atomic mass is 10.1. The third-order valence-electron chi connectivity index (χ3n) is 3.84. The number of para-hydroxylation sites is 1. The number of nitrogens with one attached hydrogen (secondary N) is 2. The fraction of sp³-hybridized carbons (Fsp3) is 0.211. The van der Waals surface area contributed by atoms with E-state index in [9.17, 15) is 0 Å². The van der Waals surface area contributed by atoms with Gasteiger partial charge in [-0.2, -0.15) is 0 Å². The minimum absolute atomic E-state index is 0. The fourth-order valence-electron chi connectivity index (χ4n) is 2.54. The molecule has 0 spiro atoms. The first-order valence-electron chi connectivity index (χ1n) is 8.29. The van der Waals surface area contributed by atoms with E-state index in [1.807, 2.05) is 41.0 Å². The average Bonchev–Trinajstić information content (AvgIpc) is 3.14. The third-order valence-corrected chi connectivity index (χ3v) is 3.84. The molecule has 0 unspecified atom stereocenters. The first-order valence-corrected chi connectivity index (χ1v) is 8.29. The van der Waals surface area contributed by atoms with Crippen LogP contribution < -0.4 is 10.6 Å². The first kappa shape index (κ1) is 19.9. The van der Waals surface area contributed by atoms with E-state index >= 15 is 0 Å². The Balaban J connectivity index is 0.00000243. The van der Waals surface area contributed by atoms with Gasteiger partial charge in [0.05, 0.1) is 6.54 Å². The molecular weight excluding hydrogens is 439 g/mol. The van der Waals surface area contributed by atoms with Gasteiger partial charge in [0.15, 0.2) is 11.8 Å². The molecule has 1 heterocycles. The maximum atomic E-state index is 4.26.